The number of rotatable bonds is 1. The maximum absolute atomic E-state index is 11.6. The Hall–Kier alpha value is -1.51. The lowest BCUT2D eigenvalue weighted by atomic mass is 9.96. The van der Waals surface area contributed by atoms with Gasteiger partial charge in [0.2, 0.25) is 0 Å². The molecule has 0 aliphatic carbocycles. The number of benzene rings is 1. The van der Waals surface area contributed by atoms with Crippen LogP contribution in [0.3, 0.4) is 0 Å². The highest BCUT2D eigenvalue weighted by molar-refractivity contribution is 5.93. The zero-order valence-electron chi connectivity index (χ0n) is 10.1. The number of esters is 1. The molecule has 1 aliphatic heterocycles. The molecule has 0 unspecified atom stereocenters. The van der Waals surface area contributed by atoms with Crippen LogP contribution >= 0.6 is 0 Å². The van der Waals surface area contributed by atoms with Crippen LogP contribution in [0.25, 0.3) is 0 Å². The normalized spacial score (nSPS) is 16.5. The maximum atomic E-state index is 11.6. The van der Waals surface area contributed by atoms with Crippen molar-refractivity contribution in [3.8, 4) is 5.75 Å². The Bertz CT molecular complexity index is 447. The second kappa shape index (κ2) is 3.51. The van der Waals surface area contributed by atoms with Crippen LogP contribution in [0.2, 0.25) is 0 Å². The van der Waals surface area contributed by atoms with Crippen molar-refractivity contribution < 1.29 is 14.3 Å². The third-order valence-corrected chi connectivity index (χ3v) is 2.88. The van der Waals surface area contributed by atoms with Crippen molar-refractivity contribution in [2.24, 2.45) is 0 Å². The Morgan fingerprint density at radius 1 is 1.44 bits per heavy atom. The van der Waals surface area contributed by atoms with Gasteiger partial charge < -0.3 is 9.47 Å². The second-order valence-electron chi connectivity index (χ2n) is 4.77. The molecule has 3 nitrogen and oxygen atoms in total. The molecule has 86 valence electrons. The summed E-state index contributed by atoms with van der Waals surface area (Å²) >= 11 is 0. The van der Waals surface area contributed by atoms with E-state index in [0.29, 0.717) is 11.3 Å². The van der Waals surface area contributed by atoms with Gasteiger partial charge in [-0.3, -0.25) is 0 Å². The highest BCUT2D eigenvalue weighted by Crippen LogP contribution is 2.39. The first-order chi connectivity index (χ1) is 7.44. The number of aryl methyl sites for hydroxylation is 1. The first-order valence-electron chi connectivity index (χ1n) is 5.34. The van der Waals surface area contributed by atoms with E-state index in [1.165, 1.54) is 7.11 Å². The predicted molar refractivity (Wildman–Crippen MR) is 60.9 cm³/mol. The average Bonchev–Trinajstić information content (AvgIpc) is 2.54. The Balaban J connectivity index is 2.54. The van der Waals surface area contributed by atoms with Crippen molar-refractivity contribution in [2.45, 2.75) is 32.8 Å². The van der Waals surface area contributed by atoms with Crippen LogP contribution < -0.4 is 4.74 Å². The Morgan fingerprint density at radius 3 is 2.75 bits per heavy atom. The number of carbonyl (C=O) groups excluding carboxylic acids is 1. The molecule has 0 spiro atoms. The van der Waals surface area contributed by atoms with Gasteiger partial charge >= 0.3 is 5.97 Å². The molecule has 1 aromatic carbocycles. The third kappa shape index (κ3) is 1.66. The van der Waals surface area contributed by atoms with E-state index in [1.54, 1.807) is 6.07 Å². The summed E-state index contributed by atoms with van der Waals surface area (Å²) in [4.78, 5) is 11.6. The number of ether oxygens (including phenoxy) is 2. The number of fused-ring (bicyclic) bond motifs is 1. The minimum Gasteiger partial charge on any atom is -0.486 e. The smallest absolute Gasteiger partial charge is 0.341 e. The molecular formula is C13H16O3. The molecule has 0 N–H and O–H groups in total. The molecule has 0 fully saturated rings. The van der Waals surface area contributed by atoms with E-state index < -0.39 is 0 Å². The maximum Gasteiger partial charge on any atom is 0.341 e. The lowest BCUT2D eigenvalue weighted by Gasteiger charge is -2.17. The quantitative estimate of drug-likeness (QED) is 0.682. The summed E-state index contributed by atoms with van der Waals surface area (Å²) in [7, 11) is 1.38. The predicted octanol–water partition coefficient (Wildman–Crippen LogP) is 2.50. The minimum atomic E-state index is -0.339. The number of carbonyl (C=O) groups is 1. The topological polar surface area (TPSA) is 35.5 Å². The summed E-state index contributed by atoms with van der Waals surface area (Å²) < 4.78 is 10.6. The van der Waals surface area contributed by atoms with Crippen molar-refractivity contribution in [1.82, 2.24) is 0 Å². The van der Waals surface area contributed by atoms with Gasteiger partial charge in [0.05, 0.1) is 7.11 Å². The molecule has 1 aromatic rings. The van der Waals surface area contributed by atoms with Crippen LogP contribution in [0.15, 0.2) is 12.1 Å². The SMILES string of the molecule is COC(=O)c1ccc(C)c2c1OC(C)(C)C2. The lowest BCUT2D eigenvalue weighted by molar-refractivity contribution is 0.0590. The molecule has 1 aliphatic rings. The fourth-order valence-corrected chi connectivity index (χ4v) is 2.07. The summed E-state index contributed by atoms with van der Waals surface area (Å²) in [5, 5.41) is 0. The Kier molecular flexibility index (Phi) is 2.41. The number of hydrogen-bond acceptors (Lipinski definition) is 3. The third-order valence-electron chi connectivity index (χ3n) is 2.88. The highest BCUT2D eigenvalue weighted by atomic mass is 16.5. The zero-order chi connectivity index (χ0) is 11.9. The Labute approximate surface area is 95.4 Å². The Morgan fingerprint density at radius 2 is 2.12 bits per heavy atom. The monoisotopic (exact) mass is 220 g/mol. The van der Waals surface area contributed by atoms with Crippen molar-refractivity contribution in [3.05, 3.63) is 28.8 Å². The van der Waals surface area contributed by atoms with Gasteiger partial charge in [0, 0.05) is 12.0 Å². The fourth-order valence-electron chi connectivity index (χ4n) is 2.07. The van der Waals surface area contributed by atoms with Crippen LogP contribution in [0.4, 0.5) is 0 Å². The molecule has 2 rings (SSSR count). The van der Waals surface area contributed by atoms with Gasteiger partial charge in [-0.1, -0.05) is 6.07 Å². The highest BCUT2D eigenvalue weighted by Gasteiger charge is 2.34. The second-order valence-corrected chi connectivity index (χ2v) is 4.77. The minimum absolute atomic E-state index is 0.239. The van der Waals surface area contributed by atoms with Crippen molar-refractivity contribution in [1.29, 1.82) is 0 Å². The fraction of sp³-hybridized carbons (Fsp3) is 0.462. The van der Waals surface area contributed by atoms with E-state index in [0.717, 1.165) is 17.5 Å². The van der Waals surface area contributed by atoms with E-state index in [4.69, 9.17) is 9.47 Å². The molecule has 0 aromatic heterocycles. The first kappa shape index (κ1) is 11.0. The molecule has 0 saturated carbocycles. The number of hydrogen-bond donors (Lipinski definition) is 0. The van der Waals surface area contributed by atoms with E-state index >= 15 is 0 Å². The van der Waals surface area contributed by atoms with Crippen molar-refractivity contribution >= 4 is 5.97 Å². The van der Waals surface area contributed by atoms with Crippen LogP contribution in [0.5, 0.6) is 5.75 Å². The van der Waals surface area contributed by atoms with Gasteiger partial charge in [0.15, 0.2) is 0 Å². The van der Waals surface area contributed by atoms with Crippen molar-refractivity contribution in [2.75, 3.05) is 7.11 Å². The van der Waals surface area contributed by atoms with Gasteiger partial charge in [-0.05, 0) is 32.4 Å². The van der Waals surface area contributed by atoms with Crippen LogP contribution in [-0.4, -0.2) is 18.7 Å². The van der Waals surface area contributed by atoms with E-state index in [-0.39, 0.29) is 11.6 Å². The molecule has 0 atom stereocenters. The molecule has 16 heavy (non-hydrogen) atoms. The number of methoxy groups -OCH3 is 1. The standard InChI is InChI=1S/C13H16O3/c1-8-5-6-9(12(14)15-4)11-10(8)7-13(2,3)16-11/h5-6H,7H2,1-4H3. The average molecular weight is 220 g/mol. The van der Waals surface area contributed by atoms with Crippen LogP contribution in [-0.2, 0) is 11.2 Å². The molecule has 1 heterocycles. The van der Waals surface area contributed by atoms with Gasteiger partial charge in [-0.25, -0.2) is 4.79 Å². The van der Waals surface area contributed by atoms with Gasteiger partial charge in [-0.2, -0.15) is 0 Å². The van der Waals surface area contributed by atoms with Gasteiger partial charge in [0.25, 0.3) is 0 Å². The van der Waals surface area contributed by atoms with E-state index in [2.05, 4.69) is 0 Å². The molecule has 3 heteroatoms. The lowest BCUT2D eigenvalue weighted by Crippen LogP contribution is -2.25. The molecular weight excluding hydrogens is 204 g/mol. The molecule has 0 saturated heterocycles. The summed E-state index contributed by atoms with van der Waals surface area (Å²) in [5.74, 6) is 0.353. The van der Waals surface area contributed by atoms with Crippen LogP contribution in [0.1, 0.15) is 35.3 Å². The summed E-state index contributed by atoms with van der Waals surface area (Å²) in [5.41, 5.74) is 2.56. The van der Waals surface area contributed by atoms with E-state index in [9.17, 15) is 4.79 Å². The first-order valence-corrected chi connectivity index (χ1v) is 5.34. The molecule has 0 amide bonds. The largest absolute Gasteiger partial charge is 0.486 e. The van der Waals surface area contributed by atoms with Crippen LogP contribution in [0, 0.1) is 6.92 Å². The summed E-state index contributed by atoms with van der Waals surface area (Å²) in [6.07, 6.45) is 0.832. The van der Waals surface area contributed by atoms with Gasteiger partial charge in [0.1, 0.15) is 16.9 Å². The van der Waals surface area contributed by atoms with Crippen molar-refractivity contribution in [3.63, 3.8) is 0 Å². The zero-order valence-corrected chi connectivity index (χ0v) is 10.1. The van der Waals surface area contributed by atoms with Gasteiger partial charge in [-0.15, -0.1) is 0 Å². The van der Waals surface area contributed by atoms with E-state index in [1.807, 2.05) is 26.8 Å². The summed E-state index contributed by atoms with van der Waals surface area (Å²) in [6.45, 7) is 6.08. The molecule has 0 radical (unpaired) electrons. The summed E-state index contributed by atoms with van der Waals surface area (Å²) in [6, 6.07) is 3.71. The molecule has 0 bridgehead atoms.